The molecule has 2 fully saturated rings. The SMILES string of the molecule is CC1(C)OC2[C@@H](CO[P+](=O)O)O[C@@H](n3cnc4c(NC(c5ccccc5)(c5ccccc5)c5ccccc5)ncnc43)[C@H]2O1. The maximum atomic E-state index is 11.3. The van der Waals surface area contributed by atoms with Gasteiger partial charge in [-0.2, -0.15) is 0 Å². The maximum absolute atomic E-state index is 11.3. The summed E-state index contributed by atoms with van der Waals surface area (Å²) in [4.78, 5) is 23.3. The van der Waals surface area contributed by atoms with Gasteiger partial charge in [-0.25, -0.2) is 15.0 Å². The molecule has 12 heteroatoms. The lowest BCUT2D eigenvalue weighted by molar-refractivity contribution is -0.198. The highest BCUT2D eigenvalue weighted by molar-refractivity contribution is 7.32. The van der Waals surface area contributed by atoms with Gasteiger partial charge in [0.05, 0.1) is 6.33 Å². The maximum Gasteiger partial charge on any atom is 0.694 e. The third-order valence-corrected chi connectivity index (χ3v) is 8.40. The molecule has 0 radical (unpaired) electrons. The van der Waals surface area contributed by atoms with Crippen LogP contribution in [0.5, 0.6) is 0 Å². The number of imidazole rings is 1. The van der Waals surface area contributed by atoms with Crippen molar-refractivity contribution in [3.63, 3.8) is 0 Å². The summed E-state index contributed by atoms with van der Waals surface area (Å²) in [6.45, 7) is 3.50. The Morgan fingerprint density at radius 3 is 2.02 bits per heavy atom. The molecule has 0 aliphatic carbocycles. The van der Waals surface area contributed by atoms with Gasteiger partial charge < -0.3 is 19.5 Å². The number of rotatable bonds is 9. The van der Waals surface area contributed by atoms with Crippen LogP contribution in [0.2, 0.25) is 0 Å². The third-order valence-electron chi connectivity index (χ3n) is 8.03. The van der Waals surface area contributed by atoms with Crippen LogP contribution in [0.3, 0.4) is 0 Å². The third kappa shape index (κ3) is 5.07. The molecule has 44 heavy (non-hydrogen) atoms. The summed E-state index contributed by atoms with van der Waals surface area (Å²) in [6.07, 6.45) is 0.762. The first-order chi connectivity index (χ1) is 21.4. The Labute approximate surface area is 254 Å². The van der Waals surface area contributed by atoms with E-state index in [1.54, 1.807) is 10.9 Å². The molecule has 2 aliphatic heterocycles. The van der Waals surface area contributed by atoms with Crippen LogP contribution in [-0.2, 0) is 28.8 Å². The van der Waals surface area contributed by atoms with Crippen molar-refractivity contribution in [3.05, 3.63) is 120 Å². The summed E-state index contributed by atoms with van der Waals surface area (Å²) in [7, 11) is -2.80. The molecular formula is C32H31N5O6P+. The number of hydrogen-bond donors (Lipinski definition) is 2. The average Bonchev–Trinajstić information content (AvgIpc) is 3.71. The van der Waals surface area contributed by atoms with Gasteiger partial charge >= 0.3 is 8.25 Å². The van der Waals surface area contributed by atoms with Crippen LogP contribution in [-0.4, -0.2) is 55.1 Å². The van der Waals surface area contributed by atoms with Crippen molar-refractivity contribution in [2.75, 3.05) is 11.9 Å². The Hall–Kier alpha value is -4.09. The second kappa shape index (κ2) is 11.4. The van der Waals surface area contributed by atoms with E-state index in [1.807, 2.05) is 68.4 Å². The molecule has 5 aromatic rings. The Kier molecular flexibility index (Phi) is 7.45. The van der Waals surface area contributed by atoms with Gasteiger partial charge in [0.2, 0.25) is 0 Å². The fraction of sp³-hybridized carbons (Fsp3) is 0.281. The predicted molar refractivity (Wildman–Crippen MR) is 162 cm³/mol. The van der Waals surface area contributed by atoms with E-state index in [1.165, 1.54) is 6.33 Å². The molecule has 5 atom stereocenters. The normalized spacial score (nSPS) is 23.0. The van der Waals surface area contributed by atoms with E-state index in [9.17, 15) is 9.46 Å². The average molecular weight is 613 g/mol. The Bertz CT molecular complexity index is 1680. The zero-order valence-corrected chi connectivity index (χ0v) is 25.0. The molecule has 3 aromatic carbocycles. The van der Waals surface area contributed by atoms with Crippen LogP contribution in [0.1, 0.15) is 36.8 Å². The molecule has 11 nitrogen and oxygen atoms in total. The quantitative estimate of drug-likeness (QED) is 0.167. The van der Waals surface area contributed by atoms with Crippen molar-refractivity contribution in [2.24, 2.45) is 0 Å². The van der Waals surface area contributed by atoms with Crippen LogP contribution in [0, 0.1) is 0 Å². The number of anilines is 1. The van der Waals surface area contributed by atoms with Crippen LogP contribution >= 0.6 is 8.25 Å². The van der Waals surface area contributed by atoms with Gasteiger partial charge in [0, 0.05) is 4.57 Å². The van der Waals surface area contributed by atoms with Gasteiger partial charge in [-0.15, -0.1) is 9.42 Å². The second-order valence-electron chi connectivity index (χ2n) is 11.2. The van der Waals surface area contributed by atoms with Crippen LogP contribution in [0.25, 0.3) is 11.2 Å². The minimum Gasteiger partial charge on any atom is -0.351 e. The zero-order valence-electron chi connectivity index (χ0n) is 24.1. The molecule has 2 aromatic heterocycles. The van der Waals surface area contributed by atoms with Crippen LogP contribution < -0.4 is 5.32 Å². The van der Waals surface area contributed by atoms with Crippen molar-refractivity contribution in [2.45, 2.75) is 49.7 Å². The minimum atomic E-state index is -2.80. The van der Waals surface area contributed by atoms with Crippen molar-refractivity contribution in [1.82, 2.24) is 19.5 Å². The van der Waals surface area contributed by atoms with E-state index in [4.69, 9.17) is 23.7 Å². The van der Waals surface area contributed by atoms with Gasteiger partial charge in [0.1, 0.15) is 36.8 Å². The second-order valence-corrected chi connectivity index (χ2v) is 11.9. The standard InChI is InChI=1S/C32H30N5O6P/c1-31(2)42-26-24(18-40-44(38)39)41-30(27(26)43-31)37-20-35-25-28(33-19-34-29(25)37)36-32(21-12-6-3-7-13-21,22-14-8-4-9-15-22)23-16-10-5-11-17-23/h3-17,19-20,24,26-27,30H,18H2,1-2H3,(H-,33,34,36,38,39)/p+1/t24-,26?,27+,30-/m1/s1. The van der Waals surface area contributed by atoms with E-state index in [-0.39, 0.29) is 6.61 Å². The summed E-state index contributed by atoms with van der Waals surface area (Å²) in [5.74, 6) is -0.351. The van der Waals surface area contributed by atoms with E-state index in [2.05, 4.69) is 51.7 Å². The molecule has 2 aliphatic rings. The fourth-order valence-corrected chi connectivity index (χ4v) is 6.52. The summed E-state index contributed by atoms with van der Waals surface area (Å²) >= 11 is 0. The highest BCUT2D eigenvalue weighted by atomic mass is 31.1. The molecule has 224 valence electrons. The lowest BCUT2D eigenvalue weighted by Gasteiger charge is -2.37. The Balaban J connectivity index is 1.33. The van der Waals surface area contributed by atoms with Crippen molar-refractivity contribution >= 4 is 25.2 Å². The number of nitrogens with zero attached hydrogens (tertiary/aromatic N) is 4. The lowest BCUT2D eigenvalue weighted by Crippen LogP contribution is -2.38. The van der Waals surface area contributed by atoms with E-state index >= 15 is 0 Å². The van der Waals surface area contributed by atoms with E-state index in [0.717, 1.165) is 16.7 Å². The number of fused-ring (bicyclic) bond motifs is 2. The molecule has 0 bridgehead atoms. The first kappa shape index (κ1) is 28.7. The highest BCUT2D eigenvalue weighted by Gasteiger charge is 2.57. The summed E-state index contributed by atoms with van der Waals surface area (Å²) < 4.78 is 36.7. The van der Waals surface area contributed by atoms with Crippen molar-refractivity contribution < 1.29 is 28.2 Å². The van der Waals surface area contributed by atoms with Gasteiger partial charge in [0.15, 0.2) is 29.0 Å². The topological polar surface area (TPSA) is 130 Å². The van der Waals surface area contributed by atoms with Crippen LogP contribution in [0.15, 0.2) is 104 Å². The molecule has 0 amide bonds. The molecule has 2 saturated heterocycles. The molecule has 0 spiro atoms. The number of benzene rings is 3. The van der Waals surface area contributed by atoms with Gasteiger partial charge in [-0.05, 0) is 30.5 Å². The summed E-state index contributed by atoms with van der Waals surface area (Å²) in [5, 5.41) is 3.79. The molecule has 2 unspecified atom stereocenters. The summed E-state index contributed by atoms with van der Waals surface area (Å²) in [6, 6.07) is 30.7. The molecule has 4 heterocycles. The molecule has 0 saturated carbocycles. The van der Waals surface area contributed by atoms with Gasteiger partial charge in [-0.1, -0.05) is 91.0 Å². The largest absolute Gasteiger partial charge is 0.694 e. The lowest BCUT2D eigenvalue weighted by atomic mass is 9.77. The van der Waals surface area contributed by atoms with E-state index < -0.39 is 44.1 Å². The molecule has 2 N–H and O–H groups in total. The smallest absolute Gasteiger partial charge is 0.351 e. The van der Waals surface area contributed by atoms with Crippen molar-refractivity contribution in [1.29, 1.82) is 0 Å². The number of hydrogen-bond acceptors (Lipinski definition) is 9. The Morgan fingerprint density at radius 1 is 0.886 bits per heavy atom. The molecular weight excluding hydrogens is 581 g/mol. The van der Waals surface area contributed by atoms with Gasteiger partial charge in [0.25, 0.3) is 0 Å². The highest BCUT2D eigenvalue weighted by Crippen LogP contribution is 2.45. The fourth-order valence-electron chi connectivity index (χ4n) is 6.24. The number of ether oxygens (including phenoxy) is 3. The van der Waals surface area contributed by atoms with Gasteiger partial charge in [-0.3, -0.25) is 4.57 Å². The molecule has 7 rings (SSSR count). The first-order valence-corrected chi connectivity index (χ1v) is 15.4. The Morgan fingerprint density at radius 2 is 1.45 bits per heavy atom. The zero-order chi connectivity index (χ0) is 30.3. The minimum absolute atomic E-state index is 0.134. The number of nitrogens with one attached hydrogen (secondary N) is 1. The predicted octanol–water partition coefficient (Wildman–Crippen LogP) is 5.31. The van der Waals surface area contributed by atoms with Crippen molar-refractivity contribution in [3.8, 4) is 0 Å². The first-order valence-electron chi connectivity index (χ1n) is 14.3. The van der Waals surface area contributed by atoms with Crippen LogP contribution in [0.4, 0.5) is 5.82 Å². The van der Waals surface area contributed by atoms with E-state index in [0.29, 0.717) is 17.0 Å². The number of aromatic nitrogens is 4. The summed E-state index contributed by atoms with van der Waals surface area (Å²) in [5.41, 5.74) is 3.31. The monoisotopic (exact) mass is 612 g/mol.